The number of fused-ring (bicyclic) bond motifs is 1. The van der Waals surface area contributed by atoms with E-state index < -0.39 is 11.7 Å². The molecule has 0 amide bonds. The van der Waals surface area contributed by atoms with Crippen molar-refractivity contribution in [2.45, 2.75) is 108 Å². The summed E-state index contributed by atoms with van der Waals surface area (Å²) in [6.07, 6.45) is 16.5. The highest BCUT2D eigenvalue weighted by molar-refractivity contribution is 5.78. The zero-order valence-corrected chi connectivity index (χ0v) is 21.7. The summed E-state index contributed by atoms with van der Waals surface area (Å²) in [5, 5.41) is 0. The normalized spacial score (nSPS) is 20.2. The first-order valence-corrected chi connectivity index (χ1v) is 14.1. The van der Waals surface area contributed by atoms with Crippen LogP contribution >= 0.6 is 0 Å². The van der Waals surface area contributed by atoms with Crippen molar-refractivity contribution in [2.24, 2.45) is 5.92 Å². The minimum Gasteiger partial charge on any atom is -0.300 e. The Bertz CT molecular complexity index is 1050. The van der Waals surface area contributed by atoms with Gasteiger partial charge in [-0.15, -0.1) is 0 Å². The predicted octanol–water partition coefficient (Wildman–Crippen LogP) is 8.66. The van der Waals surface area contributed by atoms with Gasteiger partial charge in [-0.1, -0.05) is 62.5 Å². The van der Waals surface area contributed by atoms with Crippen LogP contribution in [0.15, 0.2) is 36.7 Å². The first-order chi connectivity index (χ1) is 17.9. The Balaban J connectivity index is 1.11. The minimum atomic E-state index is -4.31. The Morgan fingerprint density at radius 3 is 2.54 bits per heavy atom. The van der Waals surface area contributed by atoms with Crippen molar-refractivity contribution in [1.29, 1.82) is 0 Å². The zero-order valence-electron chi connectivity index (χ0n) is 21.7. The number of carbonyl (C=O) groups excluding carboxylic acids is 1. The Hall–Kier alpha value is -2.50. The fourth-order valence-electron chi connectivity index (χ4n) is 6.00. The van der Waals surface area contributed by atoms with E-state index in [1.807, 2.05) is 0 Å². The molecule has 1 heterocycles. The molecule has 0 atom stereocenters. The molecule has 1 fully saturated rings. The first-order valence-electron chi connectivity index (χ1n) is 14.1. The molecule has 1 aromatic heterocycles. The number of hydrogen-bond donors (Lipinski definition) is 0. The van der Waals surface area contributed by atoms with Gasteiger partial charge in [0.2, 0.25) is 0 Å². The Kier molecular flexibility index (Phi) is 9.93. The third-order valence-corrected chi connectivity index (χ3v) is 8.04. The molecule has 1 saturated carbocycles. The lowest BCUT2D eigenvalue weighted by Crippen LogP contribution is -2.13. The Labute approximate surface area is 219 Å². The molecular weight excluding hydrogens is 473 g/mol. The monoisotopic (exact) mass is 512 g/mol. The van der Waals surface area contributed by atoms with Crippen molar-refractivity contribution in [3.8, 4) is 0 Å². The van der Waals surface area contributed by atoms with Crippen molar-refractivity contribution in [2.75, 3.05) is 0 Å². The van der Waals surface area contributed by atoms with E-state index in [-0.39, 0.29) is 5.78 Å². The van der Waals surface area contributed by atoms with Crippen molar-refractivity contribution in [3.05, 3.63) is 64.7 Å². The van der Waals surface area contributed by atoms with Gasteiger partial charge < -0.3 is 0 Å². The van der Waals surface area contributed by atoms with Gasteiger partial charge >= 0.3 is 6.18 Å². The number of aromatic nitrogens is 2. The molecule has 0 aliphatic heterocycles. The van der Waals surface area contributed by atoms with Crippen LogP contribution in [0, 0.1) is 5.92 Å². The number of rotatable bonds is 10. The third kappa shape index (κ3) is 8.24. The summed E-state index contributed by atoms with van der Waals surface area (Å²) in [7, 11) is 0. The fourth-order valence-corrected chi connectivity index (χ4v) is 6.00. The molecule has 0 N–H and O–H groups in total. The number of hydrogen-bond acceptors (Lipinski definition) is 3. The molecule has 200 valence electrons. The number of Topliss-reactive ketones (excluding diaryl/α,β-unsaturated/α-hetero) is 1. The maximum absolute atomic E-state index is 12.8. The van der Waals surface area contributed by atoms with Gasteiger partial charge in [-0.25, -0.2) is 9.97 Å². The van der Waals surface area contributed by atoms with E-state index in [9.17, 15) is 18.0 Å². The molecule has 2 aromatic rings. The van der Waals surface area contributed by atoms with Gasteiger partial charge in [0.05, 0.1) is 17.0 Å². The lowest BCUT2D eigenvalue weighted by Gasteiger charge is -2.26. The van der Waals surface area contributed by atoms with E-state index in [1.54, 1.807) is 12.4 Å². The van der Waals surface area contributed by atoms with Crippen LogP contribution in [-0.2, 0) is 23.8 Å². The molecule has 0 bridgehead atoms. The number of ketones is 1. The fraction of sp³-hybridized carbons (Fsp3) is 0.581. The second-order valence-electron chi connectivity index (χ2n) is 10.8. The van der Waals surface area contributed by atoms with E-state index in [1.165, 1.54) is 67.6 Å². The van der Waals surface area contributed by atoms with E-state index in [4.69, 9.17) is 4.98 Å². The molecule has 1 aromatic carbocycles. The second kappa shape index (κ2) is 13.3. The number of nitrogens with zero attached hydrogens (tertiary/aromatic N) is 2. The van der Waals surface area contributed by atoms with Crippen molar-refractivity contribution >= 4 is 11.9 Å². The number of benzene rings is 1. The van der Waals surface area contributed by atoms with Gasteiger partial charge in [0.1, 0.15) is 12.1 Å². The SMILES string of the molecule is O=C(CCCCc1cccc(C(F)(F)F)c1)CCCC1CCCC(c2ncnc3c2C=CCC3)CCC1. The van der Waals surface area contributed by atoms with Gasteiger partial charge in [-0.2, -0.15) is 13.2 Å². The second-order valence-corrected chi connectivity index (χ2v) is 10.8. The van der Waals surface area contributed by atoms with Gasteiger partial charge in [0.25, 0.3) is 0 Å². The average molecular weight is 513 g/mol. The summed E-state index contributed by atoms with van der Waals surface area (Å²) in [6.45, 7) is 0. The van der Waals surface area contributed by atoms with E-state index in [0.717, 1.165) is 44.6 Å². The van der Waals surface area contributed by atoms with Crippen molar-refractivity contribution in [3.63, 3.8) is 0 Å². The molecule has 0 radical (unpaired) electrons. The maximum Gasteiger partial charge on any atom is 0.416 e. The van der Waals surface area contributed by atoms with Crippen LogP contribution in [0.25, 0.3) is 6.08 Å². The number of allylic oxidation sites excluding steroid dienone is 1. The number of alkyl halides is 3. The highest BCUT2D eigenvalue weighted by Crippen LogP contribution is 2.36. The molecule has 0 unspecified atom stereocenters. The Morgan fingerprint density at radius 2 is 1.76 bits per heavy atom. The largest absolute Gasteiger partial charge is 0.416 e. The smallest absolute Gasteiger partial charge is 0.300 e. The molecule has 37 heavy (non-hydrogen) atoms. The number of aryl methyl sites for hydroxylation is 2. The topological polar surface area (TPSA) is 42.9 Å². The van der Waals surface area contributed by atoms with Crippen molar-refractivity contribution in [1.82, 2.24) is 9.97 Å². The number of carbonyl (C=O) groups is 1. The van der Waals surface area contributed by atoms with Crippen molar-refractivity contribution < 1.29 is 18.0 Å². The molecule has 3 nitrogen and oxygen atoms in total. The maximum atomic E-state index is 12.8. The van der Waals surface area contributed by atoms with Gasteiger partial charge in [-0.3, -0.25) is 4.79 Å². The Morgan fingerprint density at radius 1 is 0.973 bits per heavy atom. The first kappa shape index (κ1) is 27.5. The van der Waals surface area contributed by atoms with Crippen LogP contribution in [0.1, 0.15) is 117 Å². The van der Waals surface area contributed by atoms with Crippen LogP contribution < -0.4 is 0 Å². The summed E-state index contributed by atoms with van der Waals surface area (Å²) < 4.78 is 38.5. The minimum absolute atomic E-state index is 0.288. The van der Waals surface area contributed by atoms with Crippen LogP contribution in [0.5, 0.6) is 0 Å². The summed E-state index contributed by atoms with van der Waals surface area (Å²) in [5.74, 6) is 1.52. The van der Waals surface area contributed by atoms with Gasteiger partial charge in [0.15, 0.2) is 0 Å². The average Bonchev–Trinajstić information content (AvgIpc) is 2.87. The highest BCUT2D eigenvalue weighted by atomic mass is 19.4. The number of unbranched alkanes of at least 4 members (excludes halogenated alkanes) is 1. The summed E-state index contributed by atoms with van der Waals surface area (Å²) in [5.41, 5.74) is 3.80. The highest BCUT2D eigenvalue weighted by Gasteiger charge is 2.30. The molecule has 0 spiro atoms. The van der Waals surface area contributed by atoms with Crippen LogP contribution in [0.4, 0.5) is 13.2 Å². The predicted molar refractivity (Wildman–Crippen MR) is 141 cm³/mol. The molecule has 2 aliphatic carbocycles. The number of halogens is 3. The standard InChI is InChI=1S/C31H39F3N2O/c32-31(33,34)26-16-7-13-24(21-26)9-1-2-17-27(37)18-8-12-23-10-5-14-25(15-6-11-23)30-28-19-3-4-20-29(28)35-22-36-30/h3,7,13,16,19,21-23,25H,1-2,4-6,8-12,14-15,17-18,20H2. The van der Waals surface area contributed by atoms with Gasteiger partial charge in [-0.05, 0) is 68.9 Å². The molecular formula is C31H39F3N2O. The third-order valence-electron chi connectivity index (χ3n) is 8.04. The molecule has 2 aliphatic rings. The van der Waals surface area contributed by atoms with Crippen LogP contribution in [0.2, 0.25) is 0 Å². The lowest BCUT2D eigenvalue weighted by atomic mass is 9.81. The molecule has 0 saturated heterocycles. The molecule has 4 rings (SSSR count). The zero-order chi connectivity index (χ0) is 26.1. The van der Waals surface area contributed by atoms with Crippen LogP contribution in [0.3, 0.4) is 0 Å². The quantitative estimate of drug-likeness (QED) is 0.299. The molecule has 6 heteroatoms. The van der Waals surface area contributed by atoms with E-state index >= 15 is 0 Å². The summed E-state index contributed by atoms with van der Waals surface area (Å²) >= 11 is 0. The van der Waals surface area contributed by atoms with E-state index in [2.05, 4.69) is 17.1 Å². The summed E-state index contributed by atoms with van der Waals surface area (Å²) in [4.78, 5) is 21.5. The lowest BCUT2D eigenvalue weighted by molar-refractivity contribution is -0.137. The van der Waals surface area contributed by atoms with Gasteiger partial charge in [0, 0.05) is 24.3 Å². The van der Waals surface area contributed by atoms with E-state index in [0.29, 0.717) is 36.7 Å². The summed E-state index contributed by atoms with van der Waals surface area (Å²) in [6, 6.07) is 5.51. The van der Waals surface area contributed by atoms with Crippen LogP contribution in [-0.4, -0.2) is 15.8 Å².